The largest absolute Gasteiger partial charge is 0.491 e. The van der Waals surface area contributed by atoms with E-state index in [1.807, 2.05) is 32.2 Å². The first-order valence-electron chi connectivity index (χ1n) is 11.4. The van der Waals surface area contributed by atoms with Crippen molar-refractivity contribution < 1.29 is 23.1 Å². The Morgan fingerprint density at radius 1 is 1.09 bits per heavy atom. The summed E-state index contributed by atoms with van der Waals surface area (Å²) in [6.07, 6.45) is 0.721. The molecule has 0 bridgehead atoms. The number of carbonyl (C=O) groups is 2. The van der Waals surface area contributed by atoms with E-state index in [0.29, 0.717) is 12.3 Å². The SMILES string of the molecule is CC(C)(C)N(CC(=O)N1CCc2sccc2[C@H]1COc1ccc(F)cc1)C(=O)c1cccc(F)c1. The Balaban J connectivity index is 1.56. The molecular weight excluding hydrogens is 470 g/mol. The van der Waals surface area contributed by atoms with Gasteiger partial charge in [-0.05, 0) is 86.7 Å². The fourth-order valence-corrected chi connectivity index (χ4v) is 5.13. The van der Waals surface area contributed by atoms with Crippen molar-refractivity contribution in [3.05, 3.63) is 87.6 Å². The molecular formula is C27H28F2N2O3S. The minimum atomic E-state index is -0.664. The molecule has 3 aromatic rings. The number of hydrogen-bond acceptors (Lipinski definition) is 4. The summed E-state index contributed by atoms with van der Waals surface area (Å²) in [6.45, 7) is 6.09. The van der Waals surface area contributed by atoms with Crippen molar-refractivity contribution in [3.63, 3.8) is 0 Å². The van der Waals surface area contributed by atoms with Crippen molar-refractivity contribution >= 4 is 23.2 Å². The second kappa shape index (κ2) is 10.2. The standard InChI is InChI=1S/C27H28F2N2O3S/c1-27(2,3)31(26(33)18-5-4-6-20(29)15-18)16-25(32)30-13-11-24-22(12-14-35-24)23(30)17-34-21-9-7-19(28)8-10-21/h4-10,12,14-15,23H,11,13,16-17H2,1-3H3/t23-/m1/s1. The van der Waals surface area contributed by atoms with Crippen LogP contribution in [0.15, 0.2) is 60.0 Å². The van der Waals surface area contributed by atoms with E-state index in [1.54, 1.807) is 34.4 Å². The number of rotatable bonds is 6. The normalized spacial score (nSPS) is 15.5. The van der Waals surface area contributed by atoms with Gasteiger partial charge < -0.3 is 14.5 Å². The second-order valence-electron chi connectivity index (χ2n) is 9.49. The summed E-state index contributed by atoms with van der Waals surface area (Å²) in [5.74, 6) is -0.960. The van der Waals surface area contributed by atoms with Crippen LogP contribution in [0.3, 0.4) is 0 Å². The molecule has 1 aliphatic rings. The fraction of sp³-hybridized carbons (Fsp3) is 0.333. The number of nitrogens with zero attached hydrogens (tertiary/aromatic N) is 2. The van der Waals surface area contributed by atoms with Gasteiger partial charge in [-0.2, -0.15) is 0 Å². The third-order valence-electron chi connectivity index (χ3n) is 6.06. The Labute approximate surface area is 207 Å². The second-order valence-corrected chi connectivity index (χ2v) is 10.5. The van der Waals surface area contributed by atoms with Crippen molar-refractivity contribution in [1.82, 2.24) is 9.80 Å². The molecule has 1 atom stereocenters. The van der Waals surface area contributed by atoms with Crippen molar-refractivity contribution in [2.24, 2.45) is 0 Å². The van der Waals surface area contributed by atoms with Crippen molar-refractivity contribution in [3.8, 4) is 5.75 Å². The first kappa shape index (κ1) is 24.9. The van der Waals surface area contributed by atoms with Crippen LogP contribution < -0.4 is 4.74 Å². The number of amides is 2. The quantitative estimate of drug-likeness (QED) is 0.453. The van der Waals surface area contributed by atoms with E-state index >= 15 is 0 Å². The molecule has 0 saturated carbocycles. The zero-order valence-corrected chi connectivity index (χ0v) is 20.8. The Morgan fingerprint density at radius 2 is 1.83 bits per heavy atom. The molecule has 8 heteroatoms. The molecule has 0 radical (unpaired) electrons. The lowest BCUT2D eigenvalue weighted by Crippen LogP contribution is -2.53. The van der Waals surface area contributed by atoms with Gasteiger partial charge >= 0.3 is 0 Å². The molecule has 4 rings (SSSR count). The summed E-state index contributed by atoms with van der Waals surface area (Å²) >= 11 is 1.65. The van der Waals surface area contributed by atoms with Gasteiger partial charge in [0.2, 0.25) is 5.91 Å². The third-order valence-corrected chi connectivity index (χ3v) is 7.05. The molecule has 2 heterocycles. The summed E-state index contributed by atoms with van der Waals surface area (Å²) in [6, 6.07) is 12.9. The minimum absolute atomic E-state index is 0.147. The van der Waals surface area contributed by atoms with E-state index < -0.39 is 17.3 Å². The highest BCUT2D eigenvalue weighted by atomic mass is 32.1. The van der Waals surface area contributed by atoms with Gasteiger partial charge in [0.05, 0.1) is 6.04 Å². The van der Waals surface area contributed by atoms with Crippen LogP contribution in [0.2, 0.25) is 0 Å². The van der Waals surface area contributed by atoms with Crippen LogP contribution in [0, 0.1) is 11.6 Å². The molecule has 0 aliphatic carbocycles. The van der Waals surface area contributed by atoms with Gasteiger partial charge in [0.1, 0.15) is 30.5 Å². The Kier molecular flexibility index (Phi) is 7.21. The van der Waals surface area contributed by atoms with Crippen molar-refractivity contribution in [2.45, 2.75) is 38.8 Å². The van der Waals surface area contributed by atoms with Gasteiger partial charge in [-0.3, -0.25) is 9.59 Å². The Bertz CT molecular complexity index is 1200. The minimum Gasteiger partial charge on any atom is -0.491 e. The number of ether oxygens (including phenoxy) is 1. The topological polar surface area (TPSA) is 49.9 Å². The predicted molar refractivity (Wildman–Crippen MR) is 132 cm³/mol. The van der Waals surface area contributed by atoms with Crippen LogP contribution in [0.25, 0.3) is 0 Å². The molecule has 0 saturated heterocycles. The van der Waals surface area contributed by atoms with E-state index in [0.717, 1.165) is 12.0 Å². The lowest BCUT2D eigenvalue weighted by Gasteiger charge is -2.40. The average Bonchev–Trinajstić information content (AvgIpc) is 3.30. The van der Waals surface area contributed by atoms with Crippen LogP contribution in [0.1, 0.15) is 47.6 Å². The van der Waals surface area contributed by atoms with E-state index in [1.165, 1.54) is 40.1 Å². The lowest BCUT2D eigenvalue weighted by atomic mass is 9.99. The summed E-state index contributed by atoms with van der Waals surface area (Å²) in [4.78, 5) is 31.3. The van der Waals surface area contributed by atoms with Crippen LogP contribution in [0.4, 0.5) is 8.78 Å². The number of hydrogen-bond donors (Lipinski definition) is 0. The number of carbonyl (C=O) groups excluding carboxylic acids is 2. The van der Waals surface area contributed by atoms with E-state index in [-0.39, 0.29) is 36.5 Å². The number of halogens is 2. The predicted octanol–water partition coefficient (Wildman–Crippen LogP) is 5.47. The number of benzene rings is 2. The fourth-order valence-electron chi connectivity index (χ4n) is 4.20. The maximum Gasteiger partial charge on any atom is 0.254 e. The van der Waals surface area contributed by atoms with Crippen LogP contribution in [-0.2, 0) is 11.2 Å². The van der Waals surface area contributed by atoms with Gasteiger partial charge in [0.15, 0.2) is 0 Å². The van der Waals surface area contributed by atoms with Crippen molar-refractivity contribution in [2.75, 3.05) is 19.7 Å². The monoisotopic (exact) mass is 498 g/mol. The highest BCUT2D eigenvalue weighted by molar-refractivity contribution is 7.10. The van der Waals surface area contributed by atoms with Gasteiger partial charge in [-0.25, -0.2) is 8.78 Å². The first-order valence-corrected chi connectivity index (χ1v) is 12.3. The highest BCUT2D eigenvalue weighted by Crippen LogP contribution is 2.34. The molecule has 184 valence electrons. The van der Waals surface area contributed by atoms with Crippen LogP contribution in [0.5, 0.6) is 5.75 Å². The maximum atomic E-state index is 13.8. The Morgan fingerprint density at radius 3 is 2.51 bits per heavy atom. The van der Waals surface area contributed by atoms with Gasteiger partial charge in [0, 0.05) is 22.5 Å². The first-order chi connectivity index (χ1) is 16.6. The number of fused-ring (bicyclic) bond motifs is 1. The molecule has 1 aliphatic heterocycles. The Hall–Kier alpha value is -3.26. The summed E-state index contributed by atoms with van der Waals surface area (Å²) in [7, 11) is 0. The molecule has 0 fully saturated rings. The smallest absolute Gasteiger partial charge is 0.254 e. The average molecular weight is 499 g/mol. The van der Waals surface area contributed by atoms with Gasteiger partial charge in [-0.15, -0.1) is 11.3 Å². The zero-order chi connectivity index (χ0) is 25.2. The number of thiophene rings is 1. The molecule has 2 amide bonds. The molecule has 35 heavy (non-hydrogen) atoms. The highest BCUT2D eigenvalue weighted by Gasteiger charge is 2.36. The summed E-state index contributed by atoms with van der Waals surface area (Å²) < 4.78 is 33.0. The van der Waals surface area contributed by atoms with Gasteiger partial charge in [-0.1, -0.05) is 6.07 Å². The summed E-state index contributed by atoms with van der Waals surface area (Å²) in [5, 5.41) is 2.00. The molecule has 0 unspecified atom stereocenters. The van der Waals surface area contributed by atoms with E-state index in [4.69, 9.17) is 4.74 Å². The van der Waals surface area contributed by atoms with Crippen LogP contribution in [-0.4, -0.2) is 46.8 Å². The maximum absolute atomic E-state index is 13.8. The van der Waals surface area contributed by atoms with E-state index in [9.17, 15) is 18.4 Å². The van der Waals surface area contributed by atoms with Gasteiger partial charge in [0.25, 0.3) is 5.91 Å². The van der Waals surface area contributed by atoms with Crippen LogP contribution >= 0.6 is 11.3 Å². The molecule has 2 aromatic carbocycles. The zero-order valence-electron chi connectivity index (χ0n) is 20.0. The third kappa shape index (κ3) is 5.70. The van der Waals surface area contributed by atoms with Crippen molar-refractivity contribution in [1.29, 1.82) is 0 Å². The lowest BCUT2D eigenvalue weighted by molar-refractivity contribution is -0.136. The molecule has 5 nitrogen and oxygen atoms in total. The van der Waals surface area contributed by atoms with E-state index in [2.05, 4.69) is 0 Å². The molecule has 0 N–H and O–H groups in total. The molecule has 1 aromatic heterocycles. The summed E-state index contributed by atoms with van der Waals surface area (Å²) in [5.41, 5.74) is 0.556. The molecule has 0 spiro atoms.